The first kappa shape index (κ1) is 18.4. The molecule has 1 atom stereocenters. The zero-order valence-electron chi connectivity index (χ0n) is 16.6. The highest BCUT2D eigenvalue weighted by Gasteiger charge is 2.45. The molecule has 7 heteroatoms. The molecular formula is C22H23N3O3S. The number of carbonyl (C=O) groups excluding carboxylic acids is 1. The van der Waals surface area contributed by atoms with Crippen LogP contribution in [0.3, 0.4) is 0 Å². The van der Waals surface area contributed by atoms with Crippen molar-refractivity contribution >= 4 is 17.2 Å². The molecule has 150 valence electrons. The Kier molecular flexibility index (Phi) is 4.44. The predicted molar refractivity (Wildman–Crippen MR) is 111 cm³/mol. The van der Waals surface area contributed by atoms with Gasteiger partial charge in [0.25, 0.3) is 5.91 Å². The maximum absolute atomic E-state index is 12.9. The fraction of sp³-hybridized carbons (Fsp3) is 0.364. The van der Waals surface area contributed by atoms with Crippen molar-refractivity contribution in [2.45, 2.75) is 32.1 Å². The van der Waals surface area contributed by atoms with Crippen LogP contribution < -0.4 is 4.74 Å². The van der Waals surface area contributed by atoms with E-state index in [1.54, 1.807) is 7.11 Å². The van der Waals surface area contributed by atoms with Crippen molar-refractivity contribution < 1.29 is 14.3 Å². The summed E-state index contributed by atoms with van der Waals surface area (Å²) in [6, 6.07) is 10.0. The number of carbonyl (C=O) groups is 1. The van der Waals surface area contributed by atoms with Gasteiger partial charge >= 0.3 is 0 Å². The van der Waals surface area contributed by atoms with Crippen LogP contribution in [0.25, 0.3) is 11.3 Å². The van der Waals surface area contributed by atoms with Crippen LogP contribution in [0.4, 0.5) is 0 Å². The monoisotopic (exact) mass is 409 g/mol. The molecule has 0 bridgehead atoms. The molecule has 0 radical (unpaired) electrons. The van der Waals surface area contributed by atoms with E-state index in [-0.39, 0.29) is 11.5 Å². The molecule has 1 spiro atoms. The Balaban J connectivity index is 1.39. The molecule has 6 nitrogen and oxygen atoms in total. The molecule has 29 heavy (non-hydrogen) atoms. The van der Waals surface area contributed by atoms with Gasteiger partial charge in [0.1, 0.15) is 23.8 Å². The van der Waals surface area contributed by atoms with Gasteiger partial charge < -0.3 is 18.9 Å². The summed E-state index contributed by atoms with van der Waals surface area (Å²) < 4.78 is 13.8. The number of rotatable bonds is 3. The van der Waals surface area contributed by atoms with E-state index in [1.165, 1.54) is 11.3 Å². The molecule has 2 aliphatic heterocycles. The van der Waals surface area contributed by atoms with Crippen molar-refractivity contribution in [3.05, 3.63) is 58.2 Å². The lowest BCUT2D eigenvalue weighted by atomic mass is 10.0. The maximum Gasteiger partial charge on any atom is 0.264 e. The van der Waals surface area contributed by atoms with Crippen molar-refractivity contribution in [3.8, 4) is 17.0 Å². The van der Waals surface area contributed by atoms with E-state index in [0.29, 0.717) is 19.7 Å². The van der Waals surface area contributed by atoms with Crippen molar-refractivity contribution in [1.29, 1.82) is 0 Å². The summed E-state index contributed by atoms with van der Waals surface area (Å²) >= 11 is 1.51. The minimum absolute atomic E-state index is 0.116. The minimum Gasteiger partial charge on any atom is -0.497 e. The number of thiophene rings is 1. The van der Waals surface area contributed by atoms with E-state index < -0.39 is 0 Å². The summed E-state index contributed by atoms with van der Waals surface area (Å²) in [6.07, 6.45) is 2.75. The number of nitrogens with zero attached hydrogens (tertiary/aromatic N) is 3. The molecule has 3 aromatic rings. The largest absolute Gasteiger partial charge is 0.497 e. The molecule has 1 fully saturated rings. The summed E-state index contributed by atoms with van der Waals surface area (Å²) in [5, 5.41) is 1.98. The first-order chi connectivity index (χ1) is 14.1. The van der Waals surface area contributed by atoms with E-state index in [0.717, 1.165) is 46.2 Å². The van der Waals surface area contributed by atoms with Gasteiger partial charge in [0, 0.05) is 12.1 Å². The molecule has 5 rings (SSSR count). The molecule has 1 amide bonds. The van der Waals surface area contributed by atoms with Gasteiger partial charge in [-0.3, -0.25) is 4.79 Å². The molecule has 2 aromatic heterocycles. The number of aromatic nitrogens is 2. The molecule has 1 saturated heterocycles. The number of ether oxygens (including phenoxy) is 2. The highest BCUT2D eigenvalue weighted by Crippen LogP contribution is 2.36. The maximum atomic E-state index is 12.9. The number of hydrogen-bond donors (Lipinski definition) is 0. The topological polar surface area (TPSA) is 56.6 Å². The normalized spacial score (nSPS) is 20.8. The number of imidazole rings is 1. The average Bonchev–Trinajstić information content (AvgIpc) is 3.46. The van der Waals surface area contributed by atoms with Crippen molar-refractivity contribution in [3.63, 3.8) is 0 Å². The molecule has 0 N–H and O–H groups in total. The average molecular weight is 410 g/mol. The molecule has 0 unspecified atom stereocenters. The number of methoxy groups -OCH3 is 1. The summed E-state index contributed by atoms with van der Waals surface area (Å²) in [5.74, 6) is 1.88. The SMILES string of the molecule is COc1ccc(-c2cnc3n2C[C@]2(CCN(C(=O)c4sccc4C)C2)OC3)cc1. The Labute approximate surface area is 173 Å². The van der Waals surface area contributed by atoms with Crippen LogP contribution in [0.15, 0.2) is 41.9 Å². The van der Waals surface area contributed by atoms with Gasteiger partial charge in [-0.2, -0.15) is 0 Å². The van der Waals surface area contributed by atoms with Gasteiger partial charge in [0.15, 0.2) is 0 Å². The second-order valence-corrected chi connectivity index (χ2v) is 8.67. The third kappa shape index (κ3) is 3.14. The molecule has 0 aliphatic carbocycles. The van der Waals surface area contributed by atoms with Crippen LogP contribution >= 0.6 is 11.3 Å². The lowest BCUT2D eigenvalue weighted by Crippen LogP contribution is -2.45. The first-order valence-corrected chi connectivity index (χ1v) is 10.6. The number of fused-ring (bicyclic) bond motifs is 1. The Hall–Kier alpha value is -2.64. The van der Waals surface area contributed by atoms with Crippen LogP contribution in [0, 0.1) is 6.92 Å². The quantitative estimate of drug-likeness (QED) is 0.661. The fourth-order valence-corrected chi connectivity index (χ4v) is 5.14. The number of aryl methyl sites for hydroxylation is 1. The Morgan fingerprint density at radius 2 is 2.07 bits per heavy atom. The molecule has 0 saturated carbocycles. The van der Waals surface area contributed by atoms with E-state index in [2.05, 4.69) is 21.7 Å². The number of amides is 1. The molecule has 1 aromatic carbocycles. The molecule has 2 aliphatic rings. The summed E-state index contributed by atoms with van der Waals surface area (Å²) in [7, 11) is 1.67. The molecule has 4 heterocycles. The van der Waals surface area contributed by atoms with Crippen LogP contribution in [0.1, 0.15) is 27.5 Å². The highest BCUT2D eigenvalue weighted by molar-refractivity contribution is 7.12. The van der Waals surface area contributed by atoms with E-state index in [4.69, 9.17) is 9.47 Å². The van der Waals surface area contributed by atoms with Crippen molar-refractivity contribution in [2.75, 3.05) is 20.2 Å². The lowest BCUT2D eigenvalue weighted by Gasteiger charge is -2.35. The lowest BCUT2D eigenvalue weighted by molar-refractivity contribution is -0.0804. The standard InChI is InChI=1S/C22H23N3O3S/c1-15-7-10-29-20(15)21(26)24-9-8-22(13-24)14-25-18(11-23-19(25)12-28-22)16-3-5-17(27-2)6-4-16/h3-7,10-11H,8-9,12-14H2,1-2H3/t22-/m1/s1. The summed E-state index contributed by atoms with van der Waals surface area (Å²) in [4.78, 5) is 20.3. The Morgan fingerprint density at radius 1 is 1.24 bits per heavy atom. The fourth-order valence-electron chi connectivity index (χ4n) is 4.25. The van der Waals surface area contributed by atoms with Crippen LogP contribution in [-0.4, -0.2) is 46.2 Å². The van der Waals surface area contributed by atoms with Crippen molar-refractivity contribution in [2.24, 2.45) is 0 Å². The van der Waals surface area contributed by atoms with E-state index in [1.807, 2.05) is 41.6 Å². The Bertz CT molecular complexity index is 1060. The zero-order valence-corrected chi connectivity index (χ0v) is 17.4. The van der Waals surface area contributed by atoms with Gasteiger partial charge in [-0.05, 0) is 54.6 Å². The summed E-state index contributed by atoms with van der Waals surface area (Å²) in [5.41, 5.74) is 2.87. The second kappa shape index (κ2) is 7.00. The van der Waals surface area contributed by atoms with Crippen LogP contribution in [0.2, 0.25) is 0 Å². The third-order valence-corrected chi connectivity index (χ3v) is 6.94. The number of benzene rings is 1. The van der Waals surface area contributed by atoms with E-state index >= 15 is 0 Å². The number of likely N-dealkylation sites (tertiary alicyclic amines) is 1. The predicted octanol–water partition coefficient (Wildman–Crippen LogP) is 3.74. The van der Waals surface area contributed by atoms with Crippen molar-refractivity contribution in [1.82, 2.24) is 14.5 Å². The smallest absolute Gasteiger partial charge is 0.264 e. The highest BCUT2D eigenvalue weighted by atomic mass is 32.1. The van der Waals surface area contributed by atoms with E-state index in [9.17, 15) is 4.79 Å². The summed E-state index contributed by atoms with van der Waals surface area (Å²) in [6.45, 7) is 4.50. The molecular weight excluding hydrogens is 386 g/mol. The van der Waals surface area contributed by atoms with Gasteiger partial charge in [0.05, 0.1) is 37.0 Å². The Morgan fingerprint density at radius 3 is 2.79 bits per heavy atom. The van der Waals surface area contributed by atoms with Crippen LogP contribution in [-0.2, 0) is 17.9 Å². The van der Waals surface area contributed by atoms with Crippen LogP contribution in [0.5, 0.6) is 5.75 Å². The van der Waals surface area contributed by atoms with Gasteiger partial charge in [0.2, 0.25) is 0 Å². The van der Waals surface area contributed by atoms with Gasteiger partial charge in [-0.15, -0.1) is 11.3 Å². The third-order valence-electron chi connectivity index (χ3n) is 5.94. The second-order valence-electron chi connectivity index (χ2n) is 7.76. The van der Waals surface area contributed by atoms with Gasteiger partial charge in [-0.1, -0.05) is 0 Å². The first-order valence-electron chi connectivity index (χ1n) is 9.75. The zero-order chi connectivity index (χ0) is 20.0. The number of hydrogen-bond acceptors (Lipinski definition) is 5. The minimum atomic E-state index is -0.351. The van der Waals surface area contributed by atoms with Gasteiger partial charge in [-0.25, -0.2) is 4.98 Å².